The zero-order valence-electron chi connectivity index (χ0n) is 16.4. The van der Waals surface area contributed by atoms with E-state index in [2.05, 4.69) is 12.0 Å². The maximum Gasteiger partial charge on any atom is 0.271 e. The molecular formula is C22H19FN3O3S. The Bertz CT molecular complexity index is 1340. The third-order valence-corrected chi connectivity index (χ3v) is 6.43. The second kappa shape index (κ2) is 7.46. The van der Waals surface area contributed by atoms with Crippen molar-refractivity contribution in [2.24, 2.45) is 7.05 Å². The van der Waals surface area contributed by atoms with Crippen LogP contribution in [0.3, 0.4) is 0 Å². The summed E-state index contributed by atoms with van der Waals surface area (Å²) in [6.07, 6.45) is 4.80. The molecule has 0 unspecified atom stereocenters. The Labute approximate surface area is 174 Å². The minimum absolute atomic E-state index is 0.0421. The van der Waals surface area contributed by atoms with E-state index in [1.807, 2.05) is 0 Å². The lowest BCUT2D eigenvalue weighted by Gasteiger charge is -2.15. The van der Waals surface area contributed by atoms with E-state index in [9.17, 15) is 12.8 Å². The smallest absolute Gasteiger partial charge is 0.271 e. The maximum atomic E-state index is 14.4. The van der Waals surface area contributed by atoms with Gasteiger partial charge in [0.2, 0.25) is 0 Å². The number of aryl methyl sites for hydroxylation is 1. The zero-order valence-corrected chi connectivity index (χ0v) is 17.2. The van der Waals surface area contributed by atoms with Crippen molar-refractivity contribution in [1.29, 1.82) is 0 Å². The fraction of sp³-hybridized carbons (Fsp3) is 0.0909. The summed E-state index contributed by atoms with van der Waals surface area (Å²) in [4.78, 5) is -0.0421. The van der Waals surface area contributed by atoms with Crippen LogP contribution < -0.4 is 4.74 Å². The number of hydrogen-bond acceptors (Lipinski definition) is 4. The lowest BCUT2D eigenvalue weighted by molar-refractivity contribution is 0.402. The van der Waals surface area contributed by atoms with E-state index < -0.39 is 15.8 Å². The molecule has 4 aromatic rings. The molecule has 0 atom stereocenters. The normalized spacial score (nSPS) is 11.6. The minimum Gasteiger partial charge on any atom is -0.495 e. The Morgan fingerprint density at radius 1 is 1.07 bits per heavy atom. The molecule has 0 aliphatic rings. The van der Waals surface area contributed by atoms with Gasteiger partial charge in [0.1, 0.15) is 16.5 Å². The van der Waals surface area contributed by atoms with Gasteiger partial charge in [0.15, 0.2) is 0 Å². The average molecular weight is 424 g/mol. The van der Waals surface area contributed by atoms with E-state index in [-0.39, 0.29) is 21.9 Å². The van der Waals surface area contributed by atoms with Crippen molar-refractivity contribution in [3.05, 3.63) is 85.4 Å². The summed E-state index contributed by atoms with van der Waals surface area (Å²) in [5.41, 5.74) is 2.22. The molecule has 4 rings (SSSR count). The molecule has 0 fully saturated rings. The summed E-state index contributed by atoms with van der Waals surface area (Å²) < 4.78 is 49.7. The fourth-order valence-electron chi connectivity index (χ4n) is 3.30. The predicted molar refractivity (Wildman–Crippen MR) is 112 cm³/mol. The SMILES string of the molecule is [CH2]c1cc(-c2ccccc2F)n(S(=O)(=O)c2cc(-c3cnn(C)c3)ccc2OC)c1. The second-order valence-corrected chi connectivity index (χ2v) is 8.57. The molecule has 2 heterocycles. The predicted octanol–water partition coefficient (Wildman–Crippen LogP) is 4.12. The van der Waals surface area contributed by atoms with Crippen LogP contribution in [0.5, 0.6) is 5.75 Å². The largest absolute Gasteiger partial charge is 0.495 e. The molecule has 0 saturated heterocycles. The van der Waals surface area contributed by atoms with Crippen molar-refractivity contribution in [2.75, 3.05) is 7.11 Å². The van der Waals surface area contributed by atoms with Gasteiger partial charge in [-0.3, -0.25) is 4.68 Å². The third kappa shape index (κ3) is 3.39. The average Bonchev–Trinajstić information content (AvgIpc) is 3.34. The number of aromatic nitrogens is 3. The number of nitrogens with zero attached hydrogens (tertiary/aromatic N) is 3. The van der Waals surface area contributed by atoms with Crippen molar-refractivity contribution in [3.8, 4) is 28.1 Å². The van der Waals surface area contributed by atoms with E-state index in [0.29, 0.717) is 11.1 Å². The summed E-state index contributed by atoms with van der Waals surface area (Å²) in [6, 6.07) is 12.4. The molecule has 30 heavy (non-hydrogen) atoms. The van der Waals surface area contributed by atoms with Gasteiger partial charge in [-0.1, -0.05) is 18.2 Å². The molecule has 0 spiro atoms. The molecule has 0 saturated carbocycles. The summed E-state index contributed by atoms with van der Waals surface area (Å²) in [6.45, 7) is 3.82. The van der Waals surface area contributed by atoms with Crippen LogP contribution in [0.1, 0.15) is 5.56 Å². The molecule has 0 amide bonds. The molecule has 0 aliphatic carbocycles. The van der Waals surface area contributed by atoms with Gasteiger partial charge in [0.05, 0.1) is 19.0 Å². The number of methoxy groups -OCH3 is 1. The van der Waals surface area contributed by atoms with Gasteiger partial charge in [-0.2, -0.15) is 5.10 Å². The van der Waals surface area contributed by atoms with Crippen molar-refractivity contribution in [2.45, 2.75) is 4.90 Å². The number of halogens is 1. The lowest BCUT2D eigenvalue weighted by Crippen LogP contribution is -2.15. The molecule has 0 aliphatic heterocycles. The van der Waals surface area contributed by atoms with Crippen molar-refractivity contribution in [3.63, 3.8) is 0 Å². The second-order valence-electron chi connectivity index (χ2n) is 6.78. The minimum atomic E-state index is -4.12. The fourth-order valence-corrected chi connectivity index (χ4v) is 4.87. The molecule has 2 aromatic heterocycles. The topological polar surface area (TPSA) is 66.1 Å². The summed E-state index contributed by atoms with van der Waals surface area (Å²) in [7, 11) is -0.943. The van der Waals surface area contributed by atoms with Crippen molar-refractivity contribution < 1.29 is 17.5 Å². The highest BCUT2D eigenvalue weighted by Crippen LogP contribution is 2.34. The van der Waals surface area contributed by atoms with Gasteiger partial charge in [0.25, 0.3) is 10.0 Å². The van der Waals surface area contributed by atoms with Crippen LogP contribution in [0.2, 0.25) is 0 Å². The standard InChI is InChI=1S/C22H19FN3O3S/c1-15-10-20(18-6-4-5-7-19(18)23)26(13-15)30(27,28)22-11-16(8-9-21(22)29-3)17-12-24-25(2)14-17/h4-14H,1H2,2-3H3. The van der Waals surface area contributed by atoms with Crippen LogP contribution in [-0.2, 0) is 17.1 Å². The van der Waals surface area contributed by atoms with E-state index in [4.69, 9.17) is 4.74 Å². The van der Waals surface area contributed by atoms with Crippen LogP contribution in [0.25, 0.3) is 22.4 Å². The summed E-state index contributed by atoms with van der Waals surface area (Å²) >= 11 is 0. The number of benzene rings is 2. The summed E-state index contributed by atoms with van der Waals surface area (Å²) in [5, 5.41) is 4.13. The summed E-state index contributed by atoms with van der Waals surface area (Å²) in [5.74, 6) is -0.343. The Morgan fingerprint density at radius 2 is 1.83 bits per heavy atom. The molecule has 0 bridgehead atoms. The van der Waals surface area contributed by atoms with Gasteiger partial charge >= 0.3 is 0 Å². The zero-order chi connectivity index (χ0) is 21.5. The lowest BCUT2D eigenvalue weighted by atomic mass is 10.1. The first kappa shape index (κ1) is 19.9. The van der Waals surface area contributed by atoms with Crippen LogP contribution >= 0.6 is 0 Å². The highest BCUT2D eigenvalue weighted by atomic mass is 32.2. The van der Waals surface area contributed by atoms with Crippen molar-refractivity contribution in [1.82, 2.24) is 13.8 Å². The van der Waals surface area contributed by atoms with Gasteiger partial charge in [-0.25, -0.2) is 16.8 Å². The van der Waals surface area contributed by atoms with Crippen LogP contribution in [-0.4, -0.2) is 29.3 Å². The van der Waals surface area contributed by atoms with Crippen molar-refractivity contribution >= 4 is 10.0 Å². The van der Waals surface area contributed by atoms with E-state index in [0.717, 1.165) is 9.54 Å². The number of ether oxygens (including phenoxy) is 1. The van der Waals surface area contributed by atoms with Crippen LogP contribution in [0.4, 0.5) is 4.39 Å². The van der Waals surface area contributed by atoms with E-state index in [1.54, 1.807) is 48.4 Å². The molecule has 1 radical (unpaired) electrons. The van der Waals surface area contributed by atoms with Gasteiger partial charge in [-0.15, -0.1) is 0 Å². The van der Waals surface area contributed by atoms with Gasteiger partial charge < -0.3 is 4.74 Å². The number of hydrogen-bond donors (Lipinski definition) is 0. The Morgan fingerprint density at radius 3 is 2.50 bits per heavy atom. The van der Waals surface area contributed by atoms with Crippen LogP contribution in [0, 0.1) is 12.7 Å². The first-order valence-electron chi connectivity index (χ1n) is 9.03. The Kier molecular flexibility index (Phi) is 4.95. The Hall–Kier alpha value is -3.39. The molecule has 0 N–H and O–H groups in total. The molecule has 2 aromatic carbocycles. The molecule has 8 heteroatoms. The first-order valence-corrected chi connectivity index (χ1v) is 10.5. The first-order chi connectivity index (χ1) is 14.3. The number of rotatable bonds is 5. The Balaban J connectivity index is 1.93. The highest BCUT2D eigenvalue weighted by molar-refractivity contribution is 7.90. The monoisotopic (exact) mass is 424 g/mol. The molecular weight excluding hydrogens is 405 g/mol. The van der Waals surface area contributed by atoms with E-state index >= 15 is 0 Å². The quantitative estimate of drug-likeness (QED) is 0.483. The van der Waals surface area contributed by atoms with Crippen LogP contribution in [0.15, 0.2) is 72.0 Å². The third-order valence-electron chi connectivity index (χ3n) is 4.73. The van der Waals surface area contributed by atoms with Gasteiger partial charge in [0, 0.05) is 30.6 Å². The maximum absolute atomic E-state index is 14.4. The van der Waals surface area contributed by atoms with Gasteiger partial charge in [-0.05, 0) is 48.4 Å². The van der Waals surface area contributed by atoms with E-state index in [1.165, 1.54) is 37.6 Å². The molecule has 6 nitrogen and oxygen atoms in total. The molecule has 153 valence electrons. The highest BCUT2D eigenvalue weighted by Gasteiger charge is 2.26.